The number of carbonyl (C=O) groups excluding carboxylic acids is 1. The molecule has 0 unspecified atom stereocenters. The van der Waals surface area contributed by atoms with Crippen molar-refractivity contribution in [2.45, 2.75) is 38.0 Å². The lowest BCUT2D eigenvalue weighted by atomic mass is 9.91. The van der Waals surface area contributed by atoms with Crippen LogP contribution in [-0.4, -0.2) is 14.3 Å². The zero-order valence-corrected chi connectivity index (χ0v) is 15.0. The summed E-state index contributed by atoms with van der Waals surface area (Å²) in [6, 6.07) is 7.60. The second kappa shape index (κ2) is 6.15. The van der Waals surface area contributed by atoms with E-state index in [4.69, 9.17) is 0 Å². The number of halogens is 1. The molecule has 1 aliphatic rings. The van der Waals surface area contributed by atoms with Crippen LogP contribution in [0.25, 0.3) is 0 Å². The third-order valence-electron chi connectivity index (χ3n) is 4.37. The molecule has 1 amide bonds. The monoisotopic (exact) mass is 362 g/mol. The van der Waals surface area contributed by atoms with Gasteiger partial charge in [-0.2, -0.15) is 0 Å². The van der Waals surface area contributed by atoms with Crippen molar-refractivity contribution >= 4 is 27.3 Å². The molecule has 5 nitrogen and oxygen atoms in total. The maximum absolute atomic E-state index is 13.7. The number of carbonyl (C=O) groups is 1. The molecule has 0 bridgehead atoms. The van der Waals surface area contributed by atoms with E-state index in [0.29, 0.717) is 12.1 Å². The summed E-state index contributed by atoms with van der Waals surface area (Å²) in [6.45, 7) is 5.19. The molecular formula is C18H19FN2O3S. The van der Waals surface area contributed by atoms with Gasteiger partial charge in [0.2, 0.25) is 5.91 Å². The third kappa shape index (κ3) is 3.24. The summed E-state index contributed by atoms with van der Waals surface area (Å²) >= 11 is 0. The molecule has 2 N–H and O–H groups in total. The quantitative estimate of drug-likeness (QED) is 0.874. The molecule has 132 valence electrons. The van der Waals surface area contributed by atoms with Gasteiger partial charge in [0.05, 0.1) is 11.4 Å². The Balaban J connectivity index is 2.12. The Hall–Kier alpha value is -2.41. The summed E-state index contributed by atoms with van der Waals surface area (Å²) in [5.41, 5.74) is 2.25. The van der Waals surface area contributed by atoms with E-state index in [0.717, 1.165) is 11.1 Å². The Kier molecular flexibility index (Phi) is 4.28. The Bertz CT molecular complexity index is 971. The van der Waals surface area contributed by atoms with E-state index >= 15 is 0 Å². The molecule has 0 aromatic heterocycles. The van der Waals surface area contributed by atoms with Gasteiger partial charge in [-0.05, 0) is 49.1 Å². The molecule has 1 heterocycles. The van der Waals surface area contributed by atoms with Crippen LogP contribution >= 0.6 is 0 Å². The molecule has 2 aromatic rings. The normalized spacial score (nSPS) is 17.0. The van der Waals surface area contributed by atoms with Crippen molar-refractivity contribution in [3.05, 3.63) is 52.8 Å². The smallest absolute Gasteiger partial charge is 0.263 e. The standard InChI is InChI=1S/C18H19FN2O3S/c1-10-7-13-11(2)9-17(22)20-18(13)16(8-10)25(23,24)21-15-6-4-5-14(19)12(15)3/h4-8,11,21H,9H2,1-3H3,(H,20,22)/t11-/m0/s1. The fourth-order valence-corrected chi connectivity index (χ4v) is 4.41. The van der Waals surface area contributed by atoms with Gasteiger partial charge in [0.1, 0.15) is 10.7 Å². The number of anilines is 2. The molecule has 1 aliphatic heterocycles. The van der Waals surface area contributed by atoms with Crippen LogP contribution in [0.4, 0.5) is 15.8 Å². The molecular weight excluding hydrogens is 343 g/mol. The molecule has 0 radical (unpaired) electrons. The zero-order chi connectivity index (χ0) is 18.4. The summed E-state index contributed by atoms with van der Waals surface area (Å²) in [4.78, 5) is 11.9. The van der Waals surface area contributed by atoms with Crippen LogP contribution in [0.5, 0.6) is 0 Å². The number of nitrogens with one attached hydrogen (secondary N) is 2. The van der Waals surface area contributed by atoms with Crippen LogP contribution < -0.4 is 10.0 Å². The van der Waals surface area contributed by atoms with Crippen molar-refractivity contribution in [1.29, 1.82) is 0 Å². The van der Waals surface area contributed by atoms with Crippen molar-refractivity contribution in [2.24, 2.45) is 0 Å². The predicted octanol–water partition coefficient (Wildman–Crippen LogP) is 3.69. The minimum absolute atomic E-state index is 0.00828. The SMILES string of the molecule is Cc1cc2c(c(S(=O)(=O)Nc3cccc(F)c3C)c1)NC(=O)C[C@@H]2C. The van der Waals surface area contributed by atoms with Crippen molar-refractivity contribution in [3.8, 4) is 0 Å². The molecule has 2 aromatic carbocycles. The number of benzene rings is 2. The highest BCUT2D eigenvalue weighted by Crippen LogP contribution is 2.38. The van der Waals surface area contributed by atoms with Crippen LogP contribution in [0, 0.1) is 19.7 Å². The largest absolute Gasteiger partial charge is 0.325 e. The lowest BCUT2D eigenvalue weighted by Crippen LogP contribution is -2.25. The summed E-state index contributed by atoms with van der Waals surface area (Å²) in [6.07, 6.45) is 0.312. The number of hydrogen-bond donors (Lipinski definition) is 2. The first kappa shape index (κ1) is 17.4. The first-order valence-electron chi connectivity index (χ1n) is 7.91. The molecule has 0 saturated heterocycles. The van der Waals surface area contributed by atoms with E-state index in [1.54, 1.807) is 6.92 Å². The highest BCUT2D eigenvalue weighted by atomic mass is 32.2. The highest BCUT2D eigenvalue weighted by molar-refractivity contribution is 7.93. The van der Waals surface area contributed by atoms with Gasteiger partial charge >= 0.3 is 0 Å². The lowest BCUT2D eigenvalue weighted by molar-refractivity contribution is -0.116. The molecule has 0 spiro atoms. The van der Waals surface area contributed by atoms with Crippen LogP contribution in [0.15, 0.2) is 35.2 Å². The molecule has 0 saturated carbocycles. The Morgan fingerprint density at radius 2 is 1.96 bits per heavy atom. The summed E-state index contributed by atoms with van der Waals surface area (Å²) in [5.74, 6) is -0.788. The fourth-order valence-electron chi connectivity index (χ4n) is 3.01. The van der Waals surface area contributed by atoms with Crippen molar-refractivity contribution in [2.75, 3.05) is 10.0 Å². The molecule has 0 fully saturated rings. The lowest BCUT2D eigenvalue weighted by Gasteiger charge is -2.26. The molecule has 25 heavy (non-hydrogen) atoms. The minimum Gasteiger partial charge on any atom is -0.325 e. The average Bonchev–Trinajstić information content (AvgIpc) is 2.52. The van der Waals surface area contributed by atoms with Crippen LogP contribution in [0.1, 0.15) is 36.0 Å². The fraction of sp³-hybridized carbons (Fsp3) is 0.278. The van der Waals surface area contributed by atoms with Gasteiger partial charge in [0.15, 0.2) is 0 Å². The number of fused-ring (bicyclic) bond motifs is 1. The number of sulfonamides is 1. The number of aryl methyl sites for hydroxylation is 1. The van der Waals surface area contributed by atoms with E-state index in [2.05, 4.69) is 10.0 Å². The van der Waals surface area contributed by atoms with Gasteiger partial charge in [0, 0.05) is 12.0 Å². The summed E-state index contributed by atoms with van der Waals surface area (Å²) in [7, 11) is -3.99. The molecule has 7 heteroatoms. The van der Waals surface area contributed by atoms with E-state index < -0.39 is 15.8 Å². The first-order valence-corrected chi connectivity index (χ1v) is 9.39. The van der Waals surface area contributed by atoms with Gasteiger partial charge < -0.3 is 5.32 Å². The maximum Gasteiger partial charge on any atom is 0.263 e. The number of hydrogen-bond acceptors (Lipinski definition) is 3. The summed E-state index contributed by atoms with van der Waals surface area (Å²) in [5, 5.41) is 2.67. The van der Waals surface area contributed by atoms with E-state index in [1.165, 1.54) is 31.2 Å². The highest BCUT2D eigenvalue weighted by Gasteiger charge is 2.29. The molecule has 1 atom stereocenters. The van der Waals surface area contributed by atoms with E-state index in [1.807, 2.05) is 13.0 Å². The van der Waals surface area contributed by atoms with Gasteiger partial charge in [-0.3, -0.25) is 9.52 Å². The van der Waals surface area contributed by atoms with Crippen molar-refractivity contribution < 1.29 is 17.6 Å². The average molecular weight is 362 g/mol. The summed E-state index contributed by atoms with van der Waals surface area (Å²) < 4.78 is 42.0. The van der Waals surface area contributed by atoms with Crippen LogP contribution in [0.3, 0.4) is 0 Å². The first-order chi connectivity index (χ1) is 11.7. The number of rotatable bonds is 3. The van der Waals surface area contributed by atoms with Gasteiger partial charge in [-0.15, -0.1) is 0 Å². The topological polar surface area (TPSA) is 75.3 Å². The molecule has 0 aliphatic carbocycles. The Morgan fingerprint density at radius 1 is 1.24 bits per heavy atom. The number of amides is 1. The maximum atomic E-state index is 13.7. The second-order valence-electron chi connectivity index (χ2n) is 6.40. The van der Waals surface area contributed by atoms with E-state index in [9.17, 15) is 17.6 Å². The van der Waals surface area contributed by atoms with Crippen molar-refractivity contribution in [1.82, 2.24) is 0 Å². The minimum atomic E-state index is -3.99. The Morgan fingerprint density at radius 3 is 2.68 bits per heavy atom. The van der Waals surface area contributed by atoms with Crippen molar-refractivity contribution in [3.63, 3.8) is 0 Å². The predicted molar refractivity (Wildman–Crippen MR) is 94.8 cm³/mol. The molecule has 3 rings (SSSR count). The van der Waals surface area contributed by atoms with Gasteiger partial charge in [-0.25, -0.2) is 12.8 Å². The van der Waals surface area contributed by atoms with Crippen LogP contribution in [-0.2, 0) is 14.8 Å². The third-order valence-corrected chi connectivity index (χ3v) is 5.76. The van der Waals surface area contributed by atoms with E-state index in [-0.39, 0.29) is 28.0 Å². The van der Waals surface area contributed by atoms with Crippen LogP contribution in [0.2, 0.25) is 0 Å². The zero-order valence-electron chi connectivity index (χ0n) is 14.2. The second-order valence-corrected chi connectivity index (χ2v) is 8.05. The van der Waals surface area contributed by atoms with Gasteiger partial charge in [0.25, 0.3) is 10.0 Å². The van der Waals surface area contributed by atoms with Gasteiger partial charge in [-0.1, -0.05) is 19.1 Å². The Labute approximate surface area is 146 Å².